The molecule has 136 valence electrons. The van der Waals surface area contributed by atoms with E-state index < -0.39 is 18.1 Å². The first-order chi connectivity index (χ1) is 10.4. The molecular weight excluding hydrogens is 320 g/mol. The van der Waals surface area contributed by atoms with Crippen molar-refractivity contribution in [1.82, 2.24) is 0 Å². The minimum absolute atomic E-state index is 0.161. The molecule has 0 bridgehead atoms. The van der Waals surface area contributed by atoms with Gasteiger partial charge in [0.15, 0.2) is 0 Å². The van der Waals surface area contributed by atoms with Gasteiger partial charge in [0.05, 0.1) is 0 Å². The van der Waals surface area contributed by atoms with Crippen LogP contribution in [0.3, 0.4) is 0 Å². The van der Waals surface area contributed by atoms with Crippen molar-refractivity contribution in [3.8, 4) is 0 Å². The van der Waals surface area contributed by atoms with Gasteiger partial charge in [0.25, 0.3) is 0 Å². The Labute approximate surface area is 138 Å². The van der Waals surface area contributed by atoms with Crippen LogP contribution in [0.1, 0.15) is 20.3 Å². The lowest BCUT2D eigenvalue weighted by Gasteiger charge is -2.22. The van der Waals surface area contributed by atoms with Crippen molar-refractivity contribution in [3.05, 3.63) is 0 Å². The highest BCUT2D eigenvalue weighted by Crippen LogP contribution is 2.11. The van der Waals surface area contributed by atoms with Crippen LogP contribution in [0.5, 0.6) is 0 Å². The van der Waals surface area contributed by atoms with Crippen molar-refractivity contribution in [2.24, 2.45) is 17.4 Å². The quantitative estimate of drug-likeness (QED) is 0.526. The SMILES string of the molecule is CC[Si](OC)(OC)OC.CO[SiH](CCC(CN)C(C)N)OC. The van der Waals surface area contributed by atoms with Crippen LogP contribution in [0.15, 0.2) is 0 Å². The molecule has 0 radical (unpaired) electrons. The average molecular weight is 357 g/mol. The van der Waals surface area contributed by atoms with Crippen LogP contribution in [-0.4, -0.2) is 66.2 Å². The molecule has 0 aromatic heterocycles. The van der Waals surface area contributed by atoms with Crippen molar-refractivity contribution in [1.29, 1.82) is 0 Å². The van der Waals surface area contributed by atoms with Gasteiger partial charge in [0.2, 0.25) is 0 Å². The molecule has 9 heteroatoms. The smallest absolute Gasteiger partial charge is 0.400 e. The molecule has 0 spiro atoms. The first-order valence-corrected chi connectivity index (χ1v) is 11.3. The van der Waals surface area contributed by atoms with E-state index in [0.29, 0.717) is 12.5 Å². The summed E-state index contributed by atoms with van der Waals surface area (Å²) >= 11 is 0. The van der Waals surface area contributed by atoms with Crippen LogP contribution in [0.4, 0.5) is 0 Å². The van der Waals surface area contributed by atoms with E-state index in [-0.39, 0.29) is 6.04 Å². The van der Waals surface area contributed by atoms with E-state index in [2.05, 4.69) is 0 Å². The predicted octanol–water partition coefficient (Wildman–Crippen LogP) is 0.696. The Balaban J connectivity index is 0. The van der Waals surface area contributed by atoms with E-state index in [4.69, 9.17) is 33.6 Å². The maximum Gasteiger partial charge on any atom is 0.499 e. The fourth-order valence-corrected chi connectivity index (χ4v) is 4.69. The molecule has 22 heavy (non-hydrogen) atoms. The number of hydrogen-bond donors (Lipinski definition) is 2. The van der Waals surface area contributed by atoms with E-state index in [1.54, 1.807) is 35.5 Å². The molecule has 0 saturated carbocycles. The summed E-state index contributed by atoms with van der Waals surface area (Å²) < 4.78 is 25.7. The summed E-state index contributed by atoms with van der Waals surface area (Å²) in [7, 11) is 4.63. The van der Waals surface area contributed by atoms with Gasteiger partial charge in [-0.15, -0.1) is 0 Å². The van der Waals surface area contributed by atoms with Crippen LogP contribution in [0.25, 0.3) is 0 Å². The number of rotatable bonds is 11. The molecule has 2 atom stereocenters. The van der Waals surface area contributed by atoms with Gasteiger partial charge in [-0.2, -0.15) is 0 Å². The molecule has 0 amide bonds. The van der Waals surface area contributed by atoms with Crippen molar-refractivity contribution >= 4 is 18.1 Å². The van der Waals surface area contributed by atoms with Crippen LogP contribution in [-0.2, 0) is 22.1 Å². The van der Waals surface area contributed by atoms with Crippen LogP contribution in [0, 0.1) is 5.92 Å². The second kappa shape index (κ2) is 14.7. The summed E-state index contributed by atoms with van der Waals surface area (Å²) in [5.41, 5.74) is 11.4. The minimum Gasteiger partial charge on any atom is -0.400 e. The van der Waals surface area contributed by atoms with Crippen molar-refractivity contribution in [2.45, 2.75) is 38.4 Å². The molecule has 4 N–H and O–H groups in total. The number of hydrogen-bond acceptors (Lipinski definition) is 7. The third kappa shape index (κ3) is 10.0. The monoisotopic (exact) mass is 356 g/mol. The molecule has 0 aliphatic heterocycles. The highest BCUT2D eigenvalue weighted by Gasteiger charge is 2.34. The molecule has 0 saturated heterocycles. The Morgan fingerprint density at radius 3 is 1.64 bits per heavy atom. The van der Waals surface area contributed by atoms with E-state index in [1.165, 1.54) is 0 Å². The van der Waals surface area contributed by atoms with E-state index in [1.807, 2.05) is 13.8 Å². The van der Waals surface area contributed by atoms with Gasteiger partial charge in [0, 0.05) is 47.6 Å². The van der Waals surface area contributed by atoms with Crippen LogP contribution >= 0.6 is 0 Å². The molecule has 0 aromatic carbocycles. The summed E-state index contributed by atoms with van der Waals surface area (Å²) in [6, 6.07) is 1.96. The molecular formula is C13H36N2O5Si2. The molecule has 2 unspecified atom stereocenters. The molecule has 7 nitrogen and oxygen atoms in total. The lowest BCUT2D eigenvalue weighted by atomic mass is 10.00. The van der Waals surface area contributed by atoms with E-state index in [0.717, 1.165) is 18.5 Å². The maximum atomic E-state index is 5.77. The van der Waals surface area contributed by atoms with E-state index >= 15 is 0 Å². The Morgan fingerprint density at radius 2 is 1.45 bits per heavy atom. The first kappa shape index (κ1) is 24.4. The lowest BCUT2D eigenvalue weighted by Crippen LogP contribution is -2.41. The average Bonchev–Trinajstić information content (AvgIpc) is 2.55. The molecule has 0 rings (SSSR count). The fraction of sp³-hybridized carbons (Fsp3) is 1.00. The third-order valence-corrected chi connectivity index (χ3v) is 8.30. The highest BCUT2D eigenvalue weighted by molar-refractivity contribution is 6.60. The second-order valence-corrected chi connectivity index (χ2v) is 10.7. The molecule has 0 aliphatic rings. The summed E-state index contributed by atoms with van der Waals surface area (Å²) in [4.78, 5) is 0. The zero-order valence-electron chi connectivity index (χ0n) is 15.3. The Morgan fingerprint density at radius 1 is 1.00 bits per heavy atom. The Kier molecular flexibility index (Phi) is 16.3. The maximum absolute atomic E-state index is 5.77. The second-order valence-electron chi connectivity index (χ2n) is 4.98. The van der Waals surface area contributed by atoms with Gasteiger partial charge in [-0.1, -0.05) is 6.92 Å². The summed E-state index contributed by atoms with van der Waals surface area (Å²) in [5, 5.41) is 0. The van der Waals surface area contributed by atoms with Gasteiger partial charge in [-0.3, -0.25) is 0 Å². The topological polar surface area (TPSA) is 98.2 Å². The summed E-state index contributed by atoms with van der Waals surface area (Å²) in [5.74, 6) is 0.389. The van der Waals surface area contributed by atoms with Gasteiger partial charge in [-0.25, -0.2) is 0 Å². The van der Waals surface area contributed by atoms with Crippen molar-refractivity contribution in [2.75, 3.05) is 42.1 Å². The van der Waals surface area contributed by atoms with E-state index in [9.17, 15) is 0 Å². The summed E-state index contributed by atoms with van der Waals surface area (Å²) in [6.07, 6.45) is 1.01. The van der Waals surface area contributed by atoms with Gasteiger partial charge in [-0.05, 0) is 31.9 Å². The lowest BCUT2D eigenvalue weighted by molar-refractivity contribution is 0.125. The zero-order chi connectivity index (χ0) is 17.6. The van der Waals surface area contributed by atoms with Gasteiger partial charge < -0.3 is 33.6 Å². The molecule has 0 aromatic rings. The highest BCUT2D eigenvalue weighted by atomic mass is 28.4. The largest absolute Gasteiger partial charge is 0.499 e. The van der Waals surface area contributed by atoms with Gasteiger partial charge >= 0.3 is 18.1 Å². The third-order valence-electron chi connectivity index (χ3n) is 3.71. The molecule has 0 aliphatic carbocycles. The summed E-state index contributed by atoms with van der Waals surface area (Å²) in [6.45, 7) is 4.63. The molecule has 0 fully saturated rings. The first-order valence-electron chi connectivity index (χ1n) is 7.56. The number of nitrogens with two attached hydrogens (primary N) is 2. The van der Waals surface area contributed by atoms with Crippen molar-refractivity contribution < 1.29 is 22.1 Å². The Bertz CT molecular complexity index is 225. The van der Waals surface area contributed by atoms with Gasteiger partial charge in [0.1, 0.15) is 0 Å². The normalized spacial score (nSPS) is 14.5. The van der Waals surface area contributed by atoms with Crippen LogP contribution < -0.4 is 11.5 Å². The zero-order valence-corrected chi connectivity index (χ0v) is 17.4. The standard InChI is InChI=1S/C8H22N2O2Si.C5H14O3Si/c1-7(10)8(6-9)4-5-13(11-2)12-3;1-5-9(6-2,7-3)8-4/h7-8,13H,4-6,9-10H2,1-3H3;5H2,1-4H3. The predicted molar refractivity (Wildman–Crippen MR) is 94.0 cm³/mol. The fourth-order valence-electron chi connectivity index (χ4n) is 1.96. The minimum atomic E-state index is -2.19. The molecule has 0 heterocycles. The van der Waals surface area contributed by atoms with Crippen molar-refractivity contribution in [3.63, 3.8) is 0 Å². The van der Waals surface area contributed by atoms with Crippen LogP contribution in [0.2, 0.25) is 12.1 Å². The Hall–Kier alpha value is 0.154.